The lowest BCUT2D eigenvalue weighted by atomic mass is 10.1. The first-order valence-corrected chi connectivity index (χ1v) is 6.58. The third-order valence-corrected chi connectivity index (χ3v) is 2.68. The number of alkyl carbamates (subject to hydrolysis) is 1. The van der Waals surface area contributed by atoms with Gasteiger partial charge in [0.1, 0.15) is 6.61 Å². The SMILES string of the molecule is C=C(C)C(O)OCCNC(=O)OCc1ccccc1C(=O)O. The largest absolute Gasteiger partial charge is 0.478 e. The van der Waals surface area contributed by atoms with Gasteiger partial charge < -0.3 is 25.0 Å². The second-order valence-electron chi connectivity index (χ2n) is 4.53. The van der Waals surface area contributed by atoms with E-state index in [2.05, 4.69) is 11.9 Å². The van der Waals surface area contributed by atoms with E-state index in [0.29, 0.717) is 11.1 Å². The average Bonchev–Trinajstić information content (AvgIpc) is 2.49. The van der Waals surface area contributed by atoms with Crippen LogP contribution in [0.5, 0.6) is 0 Å². The Kier molecular flexibility index (Phi) is 7.07. The maximum absolute atomic E-state index is 11.5. The molecule has 0 aromatic heterocycles. The van der Waals surface area contributed by atoms with E-state index >= 15 is 0 Å². The van der Waals surface area contributed by atoms with E-state index in [9.17, 15) is 14.7 Å². The molecule has 3 N–H and O–H groups in total. The maximum atomic E-state index is 11.5. The van der Waals surface area contributed by atoms with Gasteiger partial charge in [0.05, 0.1) is 12.2 Å². The third-order valence-electron chi connectivity index (χ3n) is 2.68. The second-order valence-corrected chi connectivity index (χ2v) is 4.53. The van der Waals surface area contributed by atoms with Gasteiger partial charge in [-0.25, -0.2) is 9.59 Å². The van der Waals surface area contributed by atoms with Gasteiger partial charge in [0.25, 0.3) is 0 Å². The van der Waals surface area contributed by atoms with Crippen LogP contribution in [0.4, 0.5) is 4.79 Å². The molecule has 0 saturated heterocycles. The summed E-state index contributed by atoms with van der Waals surface area (Å²) < 4.78 is 9.90. The van der Waals surface area contributed by atoms with Crippen molar-refractivity contribution in [2.45, 2.75) is 19.8 Å². The van der Waals surface area contributed by atoms with Crippen LogP contribution in [0.15, 0.2) is 36.4 Å². The first kappa shape index (κ1) is 17.7. The zero-order chi connectivity index (χ0) is 16.5. The van der Waals surface area contributed by atoms with Crippen molar-refractivity contribution in [3.63, 3.8) is 0 Å². The summed E-state index contributed by atoms with van der Waals surface area (Å²) in [6, 6.07) is 6.27. The van der Waals surface area contributed by atoms with Crippen LogP contribution < -0.4 is 5.32 Å². The summed E-state index contributed by atoms with van der Waals surface area (Å²) in [6.45, 7) is 5.22. The lowest BCUT2D eigenvalue weighted by molar-refractivity contribution is -0.0700. The topological polar surface area (TPSA) is 105 Å². The lowest BCUT2D eigenvalue weighted by Gasteiger charge is -2.12. The first-order chi connectivity index (χ1) is 10.4. The van der Waals surface area contributed by atoms with Crippen molar-refractivity contribution in [3.8, 4) is 0 Å². The van der Waals surface area contributed by atoms with E-state index < -0.39 is 18.4 Å². The molecule has 7 nitrogen and oxygen atoms in total. The van der Waals surface area contributed by atoms with Crippen molar-refractivity contribution in [3.05, 3.63) is 47.5 Å². The molecule has 1 aromatic carbocycles. The number of hydrogen-bond donors (Lipinski definition) is 3. The molecule has 120 valence electrons. The van der Waals surface area contributed by atoms with Gasteiger partial charge in [-0.05, 0) is 18.6 Å². The van der Waals surface area contributed by atoms with Crippen molar-refractivity contribution in [1.82, 2.24) is 5.32 Å². The standard InChI is InChI=1S/C15H19NO6/c1-10(2)14(19)21-8-7-16-15(20)22-9-11-5-3-4-6-12(11)13(17)18/h3-6,14,19H,1,7-9H2,2H3,(H,16,20)(H,17,18). The highest BCUT2D eigenvalue weighted by atomic mass is 16.6. The third kappa shape index (κ3) is 5.94. The molecule has 0 bridgehead atoms. The Morgan fingerprint density at radius 3 is 2.68 bits per heavy atom. The highest BCUT2D eigenvalue weighted by molar-refractivity contribution is 5.89. The molecule has 0 aliphatic rings. The van der Waals surface area contributed by atoms with Gasteiger partial charge in [-0.1, -0.05) is 24.8 Å². The number of aromatic carboxylic acids is 1. The molecule has 1 atom stereocenters. The van der Waals surface area contributed by atoms with Crippen molar-refractivity contribution < 1.29 is 29.3 Å². The van der Waals surface area contributed by atoms with E-state index in [1.54, 1.807) is 25.1 Å². The molecule has 0 aliphatic heterocycles. The fourth-order valence-corrected chi connectivity index (χ4v) is 1.52. The first-order valence-electron chi connectivity index (χ1n) is 6.58. The monoisotopic (exact) mass is 309 g/mol. The van der Waals surface area contributed by atoms with E-state index in [0.717, 1.165) is 0 Å². The number of benzene rings is 1. The fourth-order valence-electron chi connectivity index (χ4n) is 1.52. The Hall–Kier alpha value is -2.38. The molecule has 0 spiro atoms. The Bertz CT molecular complexity index is 543. The lowest BCUT2D eigenvalue weighted by Crippen LogP contribution is -2.29. The predicted octanol–water partition coefficient (Wildman–Crippen LogP) is 1.52. The summed E-state index contributed by atoms with van der Waals surface area (Å²) in [4.78, 5) is 22.5. The zero-order valence-electron chi connectivity index (χ0n) is 12.2. The molecule has 1 rings (SSSR count). The van der Waals surface area contributed by atoms with Crippen LogP contribution in [-0.4, -0.2) is 41.7 Å². The maximum Gasteiger partial charge on any atom is 0.407 e. The van der Waals surface area contributed by atoms with E-state index in [-0.39, 0.29) is 25.3 Å². The second kappa shape index (κ2) is 8.81. The number of amides is 1. The van der Waals surface area contributed by atoms with Crippen LogP contribution in [0.2, 0.25) is 0 Å². The van der Waals surface area contributed by atoms with Crippen LogP contribution in [0.3, 0.4) is 0 Å². The summed E-state index contributed by atoms with van der Waals surface area (Å²) in [5.74, 6) is -1.08. The van der Waals surface area contributed by atoms with E-state index in [1.165, 1.54) is 6.07 Å². The number of aliphatic hydroxyl groups excluding tert-OH is 1. The number of ether oxygens (including phenoxy) is 2. The fraction of sp³-hybridized carbons (Fsp3) is 0.333. The van der Waals surface area contributed by atoms with Crippen LogP contribution >= 0.6 is 0 Å². The highest BCUT2D eigenvalue weighted by Crippen LogP contribution is 2.10. The number of rotatable bonds is 8. The number of carboxylic acid groups (broad SMARTS) is 1. The van der Waals surface area contributed by atoms with E-state index in [1.807, 2.05) is 0 Å². The van der Waals surface area contributed by atoms with Gasteiger partial charge >= 0.3 is 12.1 Å². The molecule has 0 radical (unpaired) electrons. The minimum atomic E-state index is -1.08. The van der Waals surface area contributed by atoms with Crippen LogP contribution in [0, 0.1) is 0 Å². The summed E-state index contributed by atoms with van der Waals surface area (Å²) in [5.41, 5.74) is 0.954. The molecular formula is C15H19NO6. The molecule has 0 aliphatic carbocycles. The van der Waals surface area contributed by atoms with Gasteiger partial charge in [-0.2, -0.15) is 0 Å². The Morgan fingerprint density at radius 2 is 2.05 bits per heavy atom. The predicted molar refractivity (Wildman–Crippen MR) is 78.4 cm³/mol. The smallest absolute Gasteiger partial charge is 0.407 e. The molecule has 0 heterocycles. The molecule has 7 heteroatoms. The molecule has 1 amide bonds. The molecule has 1 unspecified atom stereocenters. The molecule has 22 heavy (non-hydrogen) atoms. The van der Waals surface area contributed by atoms with E-state index in [4.69, 9.17) is 14.6 Å². The van der Waals surface area contributed by atoms with Gasteiger partial charge in [0, 0.05) is 12.1 Å². The van der Waals surface area contributed by atoms with Gasteiger partial charge in [-0.15, -0.1) is 0 Å². The quantitative estimate of drug-likeness (QED) is 0.382. The Labute approximate surface area is 128 Å². The van der Waals surface area contributed by atoms with Gasteiger partial charge in [0.15, 0.2) is 6.29 Å². The van der Waals surface area contributed by atoms with Crippen molar-refractivity contribution in [2.75, 3.05) is 13.2 Å². The number of carboxylic acids is 1. The van der Waals surface area contributed by atoms with Crippen molar-refractivity contribution >= 4 is 12.1 Å². The summed E-state index contributed by atoms with van der Waals surface area (Å²) in [6.07, 6.45) is -1.77. The minimum Gasteiger partial charge on any atom is -0.478 e. The number of hydrogen-bond acceptors (Lipinski definition) is 5. The summed E-state index contributed by atoms with van der Waals surface area (Å²) in [7, 11) is 0. The zero-order valence-corrected chi connectivity index (χ0v) is 12.2. The van der Waals surface area contributed by atoms with Crippen molar-refractivity contribution in [2.24, 2.45) is 0 Å². The summed E-state index contributed by atoms with van der Waals surface area (Å²) >= 11 is 0. The summed E-state index contributed by atoms with van der Waals surface area (Å²) in [5, 5.41) is 20.7. The van der Waals surface area contributed by atoms with Crippen LogP contribution in [0.1, 0.15) is 22.8 Å². The number of aliphatic hydroxyl groups is 1. The van der Waals surface area contributed by atoms with Gasteiger partial charge in [-0.3, -0.25) is 0 Å². The normalized spacial score (nSPS) is 11.5. The molecular weight excluding hydrogens is 290 g/mol. The molecule has 0 fully saturated rings. The van der Waals surface area contributed by atoms with Gasteiger partial charge in [0.2, 0.25) is 0 Å². The molecule has 1 aromatic rings. The van der Waals surface area contributed by atoms with Crippen LogP contribution in [0.25, 0.3) is 0 Å². The van der Waals surface area contributed by atoms with Crippen LogP contribution in [-0.2, 0) is 16.1 Å². The molecule has 0 saturated carbocycles. The number of carbonyl (C=O) groups excluding carboxylic acids is 1. The number of nitrogens with one attached hydrogen (secondary N) is 1. The Morgan fingerprint density at radius 1 is 1.36 bits per heavy atom. The number of carbonyl (C=O) groups is 2. The Balaban J connectivity index is 2.32. The average molecular weight is 309 g/mol. The highest BCUT2D eigenvalue weighted by Gasteiger charge is 2.11. The van der Waals surface area contributed by atoms with Crippen molar-refractivity contribution in [1.29, 1.82) is 0 Å². The minimum absolute atomic E-state index is 0.0863.